The molecule has 3 saturated carbocycles. The highest BCUT2D eigenvalue weighted by molar-refractivity contribution is 7.80. The minimum absolute atomic E-state index is 0.0142. The normalized spacial score (nSPS) is 48.3. The first kappa shape index (κ1) is 38.2. The Labute approximate surface area is 283 Å². The lowest BCUT2D eigenvalue weighted by molar-refractivity contribution is -0.285. The molecule has 4 aliphatic carbocycles. The maximum absolute atomic E-state index is 12.8. The molecule has 7 N–H and O–H groups in total. The molecule has 0 aromatic rings. The molecular weight excluding hydrogens is 648 g/mol. The Morgan fingerprint density at radius 1 is 1.04 bits per heavy atom. The van der Waals surface area contributed by atoms with Crippen LogP contribution in [0, 0.1) is 46.3 Å². The van der Waals surface area contributed by atoms with Gasteiger partial charge in [-0.3, -0.25) is 4.55 Å². The summed E-state index contributed by atoms with van der Waals surface area (Å²) in [5.41, 5.74) is -2.52. The molecule has 0 aromatic carbocycles. The van der Waals surface area contributed by atoms with Gasteiger partial charge in [0.25, 0.3) is 0 Å². The van der Waals surface area contributed by atoms with Crippen molar-refractivity contribution in [3.05, 3.63) is 23.8 Å². The Morgan fingerprint density at radius 3 is 2.35 bits per heavy atom. The summed E-state index contributed by atoms with van der Waals surface area (Å²) in [6.07, 6.45) is -0.934. The van der Waals surface area contributed by atoms with Gasteiger partial charge < -0.3 is 44.8 Å². The van der Waals surface area contributed by atoms with Crippen molar-refractivity contribution in [1.29, 1.82) is 0 Å². The molecule has 0 spiro atoms. The van der Waals surface area contributed by atoms with Crippen LogP contribution < -0.4 is 0 Å². The molecule has 17 atom stereocenters. The average molecular weight is 705 g/mol. The summed E-state index contributed by atoms with van der Waals surface area (Å²) in [5, 5.41) is 66.4. The van der Waals surface area contributed by atoms with Crippen molar-refractivity contribution in [3.63, 3.8) is 0 Å². The molecule has 5 rings (SSSR count). The van der Waals surface area contributed by atoms with Crippen LogP contribution in [0.4, 0.5) is 0 Å². The van der Waals surface area contributed by atoms with Crippen molar-refractivity contribution in [1.82, 2.24) is 0 Å². The highest BCUT2D eigenvalue weighted by atomic mass is 32.3. The third-order valence-electron chi connectivity index (χ3n) is 13.0. The SMILES string of the molecule is CO[C@H]1[C@H](O[C@@H]2C=C3[C@H](O)C[C@@]4(O)[C@@H]5[C@@H](OS(=O)(=O)O)[C@H](O)[C@H]([C@H](C)/C=C/[C@@H](C)[C@H](C)CO)[C@@]5(C)CC[C@@H]4[C@@]3(C)CC2)OC[C@@H](O)[C@@H]1O. The van der Waals surface area contributed by atoms with Gasteiger partial charge in [-0.25, -0.2) is 4.18 Å². The van der Waals surface area contributed by atoms with Crippen molar-refractivity contribution < 1.29 is 62.0 Å². The summed E-state index contributed by atoms with van der Waals surface area (Å²) in [4.78, 5) is 0. The summed E-state index contributed by atoms with van der Waals surface area (Å²) >= 11 is 0. The highest BCUT2D eigenvalue weighted by Gasteiger charge is 2.73. The molecule has 0 amide bonds. The smallest absolute Gasteiger partial charge is 0.396 e. The van der Waals surface area contributed by atoms with Crippen LogP contribution in [-0.2, 0) is 28.8 Å². The van der Waals surface area contributed by atoms with Crippen molar-refractivity contribution in [2.24, 2.45) is 46.3 Å². The maximum atomic E-state index is 12.8. The standard InChI is InChI=1S/C34H56O13S/c1-17(19(3)15-35)7-8-18(2)25-27(39)28(47-48(41,42)43)30-33(25,5)12-10-24-32(4)11-9-20(13-21(32)22(36)14-34(24,30)40)46-31-29(44-6)26(38)23(37)16-45-31/h7-8,13,17-20,22-31,35-40H,9-12,14-16H2,1-6H3,(H,41,42,43)/b8-7+/t17-,18-,19-,20+,22-,23-,24-,25+,26+,27-,28+,29-,30-,31+,32+,33-,34+/m1/s1. The monoisotopic (exact) mass is 704 g/mol. The van der Waals surface area contributed by atoms with Crippen molar-refractivity contribution in [2.45, 2.75) is 121 Å². The first-order valence-corrected chi connectivity index (χ1v) is 18.6. The summed E-state index contributed by atoms with van der Waals surface area (Å²) < 4.78 is 56.7. The Bertz CT molecular complexity index is 1320. The Morgan fingerprint density at radius 2 is 1.73 bits per heavy atom. The van der Waals surface area contributed by atoms with Gasteiger partial charge in [-0.15, -0.1) is 0 Å². The van der Waals surface area contributed by atoms with Gasteiger partial charge in [-0.1, -0.05) is 52.8 Å². The molecule has 276 valence electrons. The molecule has 48 heavy (non-hydrogen) atoms. The van der Waals surface area contributed by atoms with Gasteiger partial charge in [0, 0.05) is 26.1 Å². The van der Waals surface area contributed by atoms with Crippen LogP contribution in [0.2, 0.25) is 0 Å². The van der Waals surface area contributed by atoms with Gasteiger partial charge in [0.15, 0.2) is 6.29 Å². The molecule has 0 radical (unpaired) electrons. The number of hydrogen-bond acceptors (Lipinski definition) is 12. The number of allylic oxidation sites excluding steroid dienone is 2. The molecule has 14 heteroatoms. The fourth-order valence-electron chi connectivity index (χ4n) is 10.4. The molecule has 5 aliphatic rings. The third kappa shape index (κ3) is 6.58. The highest BCUT2D eigenvalue weighted by Crippen LogP contribution is 2.69. The number of hydrogen-bond donors (Lipinski definition) is 7. The number of fused-ring (bicyclic) bond motifs is 5. The minimum Gasteiger partial charge on any atom is -0.396 e. The van der Waals surface area contributed by atoms with Crippen LogP contribution in [0.1, 0.15) is 66.7 Å². The Hall–Kier alpha value is -1.01. The quantitative estimate of drug-likeness (QED) is 0.127. The van der Waals surface area contributed by atoms with E-state index in [4.69, 9.17) is 18.4 Å². The first-order chi connectivity index (χ1) is 22.3. The predicted octanol–water partition coefficient (Wildman–Crippen LogP) is 1.35. The zero-order valence-electron chi connectivity index (χ0n) is 28.8. The summed E-state index contributed by atoms with van der Waals surface area (Å²) in [6.45, 7) is 9.66. The fourth-order valence-corrected chi connectivity index (χ4v) is 10.9. The molecule has 1 aliphatic heterocycles. The number of methoxy groups -OCH3 is 1. The van der Waals surface area contributed by atoms with Crippen LogP contribution in [0.15, 0.2) is 23.8 Å². The van der Waals surface area contributed by atoms with E-state index in [1.165, 1.54) is 7.11 Å². The summed E-state index contributed by atoms with van der Waals surface area (Å²) in [6, 6.07) is 0. The third-order valence-corrected chi connectivity index (χ3v) is 13.4. The van der Waals surface area contributed by atoms with Crippen molar-refractivity contribution >= 4 is 10.4 Å². The molecule has 0 unspecified atom stereocenters. The average Bonchev–Trinajstić information content (AvgIpc) is 3.22. The molecule has 1 saturated heterocycles. The van der Waals surface area contributed by atoms with E-state index in [2.05, 4.69) is 0 Å². The zero-order valence-corrected chi connectivity index (χ0v) is 29.6. The number of aliphatic hydroxyl groups is 6. The van der Waals surface area contributed by atoms with E-state index in [0.717, 1.165) is 0 Å². The fraction of sp³-hybridized carbons (Fsp3) is 0.882. The van der Waals surface area contributed by atoms with Crippen LogP contribution in [0.5, 0.6) is 0 Å². The van der Waals surface area contributed by atoms with Crippen LogP contribution in [0.3, 0.4) is 0 Å². The molecule has 4 fully saturated rings. The molecule has 0 bridgehead atoms. The van der Waals surface area contributed by atoms with Crippen LogP contribution >= 0.6 is 0 Å². The summed E-state index contributed by atoms with van der Waals surface area (Å²) in [5.74, 6) is -2.15. The number of rotatable bonds is 10. The largest absolute Gasteiger partial charge is 0.397 e. The molecular formula is C34H56O13S. The van der Waals surface area contributed by atoms with E-state index in [1.807, 2.05) is 52.8 Å². The van der Waals surface area contributed by atoms with Gasteiger partial charge in [-0.2, -0.15) is 8.42 Å². The van der Waals surface area contributed by atoms with E-state index < -0.39 is 93.6 Å². The van der Waals surface area contributed by atoms with E-state index in [-0.39, 0.29) is 37.4 Å². The molecule has 13 nitrogen and oxygen atoms in total. The molecule has 1 heterocycles. The second kappa shape index (κ2) is 13.8. The van der Waals surface area contributed by atoms with Gasteiger partial charge >= 0.3 is 10.4 Å². The maximum Gasteiger partial charge on any atom is 0.397 e. The lowest BCUT2D eigenvalue weighted by Gasteiger charge is -2.64. The van der Waals surface area contributed by atoms with Crippen molar-refractivity contribution in [2.75, 3.05) is 20.3 Å². The van der Waals surface area contributed by atoms with Gasteiger partial charge in [0.2, 0.25) is 0 Å². The summed E-state index contributed by atoms with van der Waals surface area (Å²) in [7, 11) is -3.63. The second-order valence-corrected chi connectivity index (χ2v) is 16.8. The number of aliphatic hydroxyl groups excluding tert-OH is 5. The Balaban J connectivity index is 1.47. The van der Waals surface area contributed by atoms with Gasteiger partial charge in [0.05, 0.1) is 30.5 Å². The van der Waals surface area contributed by atoms with Crippen molar-refractivity contribution in [3.8, 4) is 0 Å². The number of ether oxygens (including phenoxy) is 3. The predicted molar refractivity (Wildman–Crippen MR) is 172 cm³/mol. The van der Waals surface area contributed by atoms with Gasteiger partial charge in [0.1, 0.15) is 24.4 Å². The van der Waals surface area contributed by atoms with Gasteiger partial charge in [-0.05, 0) is 71.7 Å². The first-order valence-electron chi connectivity index (χ1n) is 17.2. The van der Waals surface area contributed by atoms with E-state index in [9.17, 15) is 43.6 Å². The van der Waals surface area contributed by atoms with E-state index in [0.29, 0.717) is 31.3 Å². The Kier molecular flexibility index (Phi) is 11.0. The van der Waals surface area contributed by atoms with E-state index in [1.54, 1.807) is 0 Å². The molecule has 0 aromatic heterocycles. The lowest BCUT2D eigenvalue weighted by Crippen LogP contribution is -2.66. The van der Waals surface area contributed by atoms with Crippen LogP contribution in [0.25, 0.3) is 0 Å². The lowest BCUT2D eigenvalue weighted by atomic mass is 9.43. The second-order valence-electron chi connectivity index (χ2n) is 15.8. The zero-order chi connectivity index (χ0) is 35.6. The topological polar surface area (TPSA) is 213 Å². The van der Waals surface area contributed by atoms with E-state index >= 15 is 0 Å². The van der Waals surface area contributed by atoms with Crippen LogP contribution in [-0.4, -0.2) is 119 Å². The minimum atomic E-state index is -5.02.